The van der Waals surface area contributed by atoms with Gasteiger partial charge in [-0.15, -0.1) is 0 Å². The SMILES string of the molecule is CNC(=O)Nc1cccc(N2C=NNCN2)c1. The van der Waals surface area contributed by atoms with E-state index in [2.05, 4.69) is 26.6 Å². The molecule has 4 N–H and O–H groups in total. The quantitative estimate of drug-likeness (QED) is 0.591. The molecule has 0 atom stereocenters. The van der Waals surface area contributed by atoms with Crippen molar-refractivity contribution in [1.29, 1.82) is 0 Å². The van der Waals surface area contributed by atoms with Crippen LogP contribution in [0.15, 0.2) is 29.4 Å². The fourth-order valence-corrected chi connectivity index (χ4v) is 1.39. The predicted octanol–water partition coefficient (Wildman–Crippen LogP) is 0.253. The normalized spacial score (nSPS) is 14.1. The lowest BCUT2D eigenvalue weighted by Gasteiger charge is -2.24. The number of hydrogen-bond acceptors (Lipinski definition) is 5. The number of hydrazone groups is 1. The molecule has 0 saturated heterocycles. The number of amides is 2. The fourth-order valence-electron chi connectivity index (χ4n) is 1.39. The van der Waals surface area contributed by atoms with E-state index in [9.17, 15) is 4.79 Å². The number of rotatable bonds is 2. The molecule has 0 aromatic heterocycles. The Morgan fingerprint density at radius 1 is 1.53 bits per heavy atom. The van der Waals surface area contributed by atoms with Gasteiger partial charge in [0, 0.05) is 12.7 Å². The van der Waals surface area contributed by atoms with Crippen molar-refractivity contribution in [1.82, 2.24) is 16.2 Å². The lowest BCUT2D eigenvalue weighted by atomic mass is 10.2. The Morgan fingerprint density at radius 2 is 2.41 bits per heavy atom. The Bertz CT molecular complexity index is 433. The number of hydrazine groups is 1. The van der Waals surface area contributed by atoms with Crippen LogP contribution in [0.4, 0.5) is 16.2 Å². The average molecular weight is 234 g/mol. The highest BCUT2D eigenvalue weighted by atomic mass is 16.2. The maximum Gasteiger partial charge on any atom is 0.318 e. The van der Waals surface area contributed by atoms with Crippen molar-refractivity contribution in [3.05, 3.63) is 24.3 Å². The Hall–Kier alpha value is -2.28. The molecule has 2 rings (SSSR count). The van der Waals surface area contributed by atoms with Crippen LogP contribution in [0.1, 0.15) is 0 Å². The van der Waals surface area contributed by atoms with E-state index in [1.54, 1.807) is 18.4 Å². The van der Waals surface area contributed by atoms with Crippen molar-refractivity contribution in [2.45, 2.75) is 0 Å². The molecule has 17 heavy (non-hydrogen) atoms. The van der Waals surface area contributed by atoms with Crippen molar-refractivity contribution < 1.29 is 4.79 Å². The van der Waals surface area contributed by atoms with Crippen LogP contribution in [-0.4, -0.2) is 26.1 Å². The smallest absolute Gasteiger partial charge is 0.318 e. The summed E-state index contributed by atoms with van der Waals surface area (Å²) >= 11 is 0. The van der Waals surface area contributed by atoms with E-state index in [-0.39, 0.29) is 6.03 Å². The van der Waals surface area contributed by atoms with Crippen molar-refractivity contribution in [2.24, 2.45) is 5.10 Å². The van der Waals surface area contributed by atoms with Crippen molar-refractivity contribution in [3.63, 3.8) is 0 Å². The molecule has 1 aliphatic heterocycles. The lowest BCUT2D eigenvalue weighted by molar-refractivity contribution is 0.254. The fraction of sp³-hybridized carbons (Fsp3) is 0.200. The number of hydrogen-bond donors (Lipinski definition) is 4. The highest BCUT2D eigenvalue weighted by molar-refractivity contribution is 5.90. The first kappa shape index (κ1) is 11.2. The molecule has 0 spiro atoms. The first-order chi connectivity index (χ1) is 8.29. The first-order valence-corrected chi connectivity index (χ1v) is 5.17. The topological polar surface area (TPSA) is 80.8 Å². The summed E-state index contributed by atoms with van der Waals surface area (Å²) < 4.78 is 0. The molecule has 1 aliphatic rings. The molecule has 0 bridgehead atoms. The molecular formula is C10H14N6O. The van der Waals surface area contributed by atoms with E-state index in [1.165, 1.54) is 0 Å². The van der Waals surface area contributed by atoms with Crippen LogP contribution in [-0.2, 0) is 0 Å². The van der Waals surface area contributed by atoms with Crippen LogP contribution in [0.5, 0.6) is 0 Å². The summed E-state index contributed by atoms with van der Waals surface area (Å²) in [4.78, 5) is 11.2. The Balaban J connectivity index is 2.13. The average Bonchev–Trinajstić information content (AvgIpc) is 2.40. The van der Waals surface area contributed by atoms with Crippen LogP contribution in [0.2, 0.25) is 0 Å². The highest BCUT2D eigenvalue weighted by Crippen LogP contribution is 2.17. The molecule has 90 valence electrons. The number of carbonyl (C=O) groups is 1. The molecule has 1 aromatic rings. The Labute approximate surface area is 98.8 Å². The Kier molecular flexibility index (Phi) is 3.41. The van der Waals surface area contributed by atoms with Crippen molar-refractivity contribution in [2.75, 3.05) is 24.0 Å². The predicted molar refractivity (Wildman–Crippen MR) is 66.6 cm³/mol. The molecule has 7 nitrogen and oxygen atoms in total. The third-order valence-electron chi connectivity index (χ3n) is 2.20. The maximum atomic E-state index is 11.2. The van der Waals surface area contributed by atoms with Crippen LogP contribution < -0.4 is 26.5 Å². The third kappa shape index (κ3) is 2.85. The monoisotopic (exact) mass is 234 g/mol. The Morgan fingerprint density at radius 3 is 3.12 bits per heavy atom. The zero-order valence-corrected chi connectivity index (χ0v) is 9.40. The minimum atomic E-state index is -0.246. The molecule has 7 heteroatoms. The molecule has 0 saturated carbocycles. The second-order valence-electron chi connectivity index (χ2n) is 3.36. The summed E-state index contributed by atoms with van der Waals surface area (Å²) in [6, 6.07) is 7.19. The number of anilines is 2. The minimum absolute atomic E-state index is 0.246. The van der Waals surface area contributed by atoms with Gasteiger partial charge in [0.15, 0.2) is 0 Å². The molecule has 0 radical (unpaired) electrons. The largest absolute Gasteiger partial charge is 0.341 e. The molecule has 1 heterocycles. The highest BCUT2D eigenvalue weighted by Gasteiger charge is 2.07. The lowest BCUT2D eigenvalue weighted by Crippen LogP contribution is -2.45. The number of urea groups is 1. The summed E-state index contributed by atoms with van der Waals surface area (Å²) in [6.45, 7) is 0.559. The first-order valence-electron chi connectivity index (χ1n) is 5.17. The summed E-state index contributed by atoms with van der Waals surface area (Å²) in [5, 5.41) is 10.9. The molecular weight excluding hydrogens is 220 g/mol. The summed E-state index contributed by atoms with van der Waals surface area (Å²) in [6.07, 6.45) is 1.63. The van der Waals surface area contributed by atoms with E-state index in [0.29, 0.717) is 6.67 Å². The number of carbonyl (C=O) groups excluding carboxylic acids is 1. The van der Waals surface area contributed by atoms with Crippen LogP contribution >= 0.6 is 0 Å². The second kappa shape index (κ2) is 5.17. The van der Waals surface area contributed by atoms with Gasteiger partial charge in [-0.25, -0.2) is 10.2 Å². The van der Waals surface area contributed by atoms with E-state index in [4.69, 9.17) is 0 Å². The summed E-state index contributed by atoms with van der Waals surface area (Å²) in [5.74, 6) is 0. The molecule has 0 aliphatic carbocycles. The third-order valence-corrected chi connectivity index (χ3v) is 2.20. The van der Waals surface area contributed by atoms with Gasteiger partial charge in [-0.1, -0.05) is 6.07 Å². The molecule has 1 aromatic carbocycles. The van der Waals surface area contributed by atoms with Gasteiger partial charge in [0.1, 0.15) is 13.0 Å². The number of nitrogens with one attached hydrogen (secondary N) is 4. The summed E-state index contributed by atoms with van der Waals surface area (Å²) in [5.41, 5.74) is 7.46. The van der Waals surface area contributed by atoms with Gasteiger partial charge in [-0.2, -0.15) is 5.10 Å². The maximum absolute atomic E-state index is 11.2. The van der Waals surface area contributed by atoms with Crippen molar-refractivity contribution in [3.8, 4) is 0 Å². The van der Waals surface area contributed by atoms with E-state index in [0.717, 1.165) is 11.4 Å². The van der Waals surface area contributed by atoms with Crippen molar-refractivity contribution >= 4 is 23.7 Å². The van der Waals surface area contributed by atoms with Crippen LogP contribution in [0.25, 0.3) is 0 Å². The van der Waals surface area contributed by atoms with E-state index < -0.39 is 0 Å². The van der Waals surface area contributed by atoms with Gasteiger partial charge in [0.25, 0.3) is 0 Å². The van der Waals surface area contributed by atoms with Gasteiger partial charge < -0.3 is 10.6 Å². The van der Waals surface area contributed by atoms with Gasteiger partial charge in [-0.3, -0.25) is 10.4 Å². The molecule has 0 unspecified atom stereocenters. The summed E-state index contributed by atoms with van der Waals surface area (Å²) in [7, 11) is 1.57. The standard InChI is InChI=1S/C10H14N6O/c1-11-10(17)15-8-3-2-4-9(5-8)16-7-13-12-6-14-16/h2-5,7,12,14H,6H2,1H3,(H2,11,15,17). The minimum Gasteiger partial charge on any atom is -0.341 e. The zero-order chi connectivity index (χ0) is 12.1. The van der Waals surface area contributed by atoms with Crippen LogP contribution in [0.3, 0.4) is 0 Å². The zero-order valence-electron chi connectivity index (χ0n) is 9.40. The van der Waals surface area contributed by atoms with Crippen LogP contribution in [0, 0.1) is 0 Å². The van der Waals surface area contributed by atoms with E-state index in [1.807, 2.05) is 24.3 Å². The van der Waals surface area contributed by atoms with Gasteiger partial charge >= 0.3 is 6.03 Å². The number of benzene rings is 1. The number of nitrogens with zero attached hydrogens (tertiary/aromatic N) is 2. The second-order valence-corrected chi connectivity index (χ2v) is 3.36. The van der Waals surface area contributed by atoms with E-state index >= 15 is 0 Å². The van der Waals surface area contributed by atoms with Gasteiger partial charge in [0.05, 0.1) is 5.69 Å². The molecule has 0 fully saturated rings. The molecule has 2 amide bonds. The van der Waals surface area contributed by atoms with Gasteiger partial charge in [-0.05, 0) is 18.2 Å². The van der Waals surface area contributed by atoms with Gasteiger partial charge in [0.2, 0.25) is 0 Å².